The van der Waals surface area contributed by atoms with Gasteiger partial charge in [-0.15, -0.1) is 0 Å². The van der Waals surface area contributed by atoms with Crippen molar-refractivity contribution in [2.75, 3.05) is 0 Å². The minimum atomic E-state index is 0.250. The van der Waals surface area contributed by atoms with Crippen molar-refractivity contribution in [2.45, 2.75) is 17.0 Å². The largest absolute Gasteiger partial charge is 0.498 e. The van der Waals surface area contributed by atoms with Gasteiger partial charge in [0, 0.05) is 22.6 Å². The van der Waals surface area contributed by atoms with Crippen molar-refractivity contribution in [1.29, 1.82) is 0 Å². The summed E-state index contributed by atoms with van der Waals surface area (Å²) in [6.45, 7) is 1.99. The Morgan fingerprint density at radius 2 is 1.84 bits per heavy atom. The molecule has 0 fully saturated rings. The summed E-state index contributed by atoms with van der Waals surface area (Å²) in [5.41, 5.74) is 5.89. The molecular formula is C20H16N2OS2. The Labute approximate surface area is 154 Å². The van der Waals surface area contributed by atoms with Crippen LogP contribution in [0.25, 0.3) is 11.6 Å². The molecular weight excluding hydrogens is 348 g/mol. The van der Waals surface area contributed by atoms with Crippen molar-refractivity contribution >= 4 is 46.1 Å². The van der Waals surface area contributed by atoms with E-state index >= 15 is 0 Å². The molecule has 1 aromatic heterocycles. The van der Waals surface area contributed by atoms with E-state index in [2.05, 4.69) is 28.2 Å². The molecule has 4 rings (SSSR count). The van der Waals surface area contributed by atoms with Crippen molar-refractivity contribution in [2.24, 2.45) is 4.99 Å². The van der Waals surface area contributed by atoms with Gasteiger partial charge in [-0.1, -0.05) is 71.6 Å². The molecule has 0 unspecified atom stereocenters. The van der Waals surface area contributed by atoms with Gasteiger partial charge in [0.2, 0.25) is 0 Å². The number of nitrogens with zero attached hydrogens (tertiary/aromatic N) is 2. The van der Waals surface area contributed by atoms with Crippen LogP contribution >= 0.6 is 23.1 Å². The smallest absolute Gasteiger partial charge is 0.200 e. The number of thiazole rings is 1. The molecule has 0 bridgehead atoms. The zero-order valence-corrected chi connectivity index (χ0v) is 15.3. The van der Waals surface area contributed by atoms with E-state index < -0.39 is 0 Å². The quantitative estimate of drug-likeness (QED) is 0.596. The number of thioether (sulfide) groups is 1. The van der Waals surface area contributed by atoms with Gasteiger partial charge < -0.3 is 5.11 Å². The second-order valence-electron chi connectivity index (χ2n) is 5.72. The molecule has 0 radical (unpaired) electrons. The van der Waals surface area contributed by atoms with E-state index in [0.717, 1.165) is 32.6 Å². The van der Waals surface area contributed by atoms with Gasteiger partial charge in [-0.3, -0.25) is 4.99 Å². The highest BCUT2D eigenvalue weighted by atomic mass is 32.2. The molecule has 1 aliphatic heterocycles. The van der Waals surface area contributed by atoms with E-state index in [1.807, 2.05) is 49.4 Å². The molecule has 3 aromatic rings. The Morgan fingerprint density at radius 1 is 1.08 bits per heavy atom. The van der Waals surface area contributed by atoms with Crippen LogP contribution in [0.15, 0.2) is 63.9 Å². The Kier molecular flexibility index (Phi) is 4.42. The summed E-state index contributed by atoms with van der Waals surface area (Å²) in [6, 6.07) is 18.3. The Morgan fingerprint density at radius 3 is 2.68 bits per heavy atom. The molecule has 0 atom stereocenters. The minimum Gasteiger partial charge on any atom is -0.498 e. The van der Waals surface area contributed by atoms with Gasteiger partial charge >= 0.3 is 0 Å². The van der Waals surface area contributed by atoms with Crippen LogP contribution in [0.2, 0.25) is 0 Å². The first-order chi connectivity index (χ1) is 12.2. The lowest BCUT2D eigenvalue weighted by atomic mass is 10.0. The molecule has 2 aromatic carbocycles. The molecule has 0 spiro atoms. The molecule has 3 nitrogen and oxygen atoms in total. The van der Waals surface area contributed by atoms with Crippen molar-refractivity contribution in [3.05, 3.63) is 71.4 Å². The number of aromatic hydroxyl groups is 1. The number of aromatic nitrogens is 1. The number of benzene rings is 2. The van der Waals surface area contributed by atoms with Crippen LogP contribution in [0.5, 0.6) is 5.06 Å². The van der Waals surface area contributed by atoms with E-state index in [0.29, 0.717) is 5.69 Å². The van der Waals surface area contributed by atoms with Crippen LogP contribution in [0.4, 0.5) is 5.69 Å². The molecule has 1 aliphatic rings. The Hall–Kier alpha value is -2.37. The van der Waals surface area contributed by atoms with Gasteiger partial charge in [0.25, 0.3) is 0 Å². The van der Waals surface area contributed by atoms with Crippen LogP contribution in [-0.4, -0.2) is 15.8 Å². The lowest BCUT2D eigenvalue weighted by Crippen LogP contribution is -1.90. The van der Waals surface area contributed by atoms with Crippen molar-refractivity contribution in [1.82, 2.24) is 4.98 Å². The summed E-state index contributed by atoms with van der Waals surface area (Å²) >= 11 is 2.96. The van der Waals surface area contributed by atoms with E-state index in [9.17, 15) is 5.11 Å². The predicted octanol–water partition coefficient (Wildman–Crippen LogP) is 5.79. The maximum atomic E-state index is 10.3. The standard InChI is InChI=1S/C20H16N2OS2/c1-13-16(15-9-5-6-10-17(15)21-13)11-18-19(23)25-20(22-18)24-12-14-7-3-2-4-8-14/h2-11,23H,12H2,1H3/b16-11-. The van der Waals surface area contributed by atoms with Crippen LogP contribution in [0.1, 0.15) is 23.7 Å². The zero-order valence-electron chi connectivity index (χ0n) is 13.6. The van der Waals surface area contributed by atoms with Gasteiger partial charge in [0.15, 0.2) is 9.40 Å². The minimum absolute atomic E-state index is 0.250. The van der Waals surface area contributed by atoms with Crippen LogP contribution < -0.4 is 0 Å². The summed E-state index contributed by atoms with van der Waals surface area (Å²) in [4.78, 5) is 9.18. The lowest BCUT2D eigenvalue weighted by Gasteiger charge is -2.00. The third kappa shape index (κ3) is 3.38. The SMILES string of the molecule is CC1=Nc2ccccc2/C1=C\c1nc(SCc2ccccc2)sc1O. The van der Waals surface area contributed by atoms with E-state index in [1.165, 1.54) is 16.9 Å². The highest BCUT2D eigenvalue weighted by Gasteiger charge is 2.19. The first-order valence-corrected chi connectivity index (χ1v) is 9.74. The molecule has 124 valence electrons. The Balaban J connectivity index is 1.58. The van der Waals surface area contributed by atoms with Gasteiger partial charge in [-0.25, -0.2) is 4.98 Å². The van der Waals surface area contributed by atoms with Gasteiger partial charge in [0.05, 0.1) is 5.69 Å². The van der Waals surface area contributed by atoms with Gasteiger partial charge in [-0.05, 0) is 24.6 Å². The van der Waals surface area contributed by atoms with Gasteiger partial charge in [0.1, 0.15) is 5.69 Å². The Bertz CT molecular complexity index is 974. The van der Waals surface area contributed by atoms with Crippen LogP contribution in [0.3, 0.4) is 0 Å². The number of fused-ring (bicyclic) bond motifs is 1. The average Bonchev–Trinajstić information content (AvgIpc) is 3.14. The topological polar surface area (TPSA) is 45.5 Å². The number of hydrogen-bond donors (Lipinski definition) is 1. The van der Waals surface area contributed by atoms with Crippen molar-refractivity contribution < 1.29 is 5.11 Å². The average molecular weight is 364 g/mol. The number of hydrogen-bond acceptors (Lipinski definition) is 5. The summed E-state index contributed by atoms with van der Waals surface area (Å²) in [7, 11) is 0. The van der Waals surface area contributed by atoms with E-state index in [4.69, 9.17) is 0 Å². The molecule has 2 heterocycles. The second-order valence-corrected chi connectivity index (χ2v) is 7.92. The maximum absolute atomic E-state index is 10.3. The van der Waals surface area contributed by atoms with Crippen LogP contribution in [0, 0.1) is 0 Å². The molecule has 0 amide bonds. The summed E-state index contributed by atoms with van der Waals surface area (Å²) < 4.78 is 0.870. The van der Waals surface area contributed by atoms with Gasteiger partial charge in [-0.2, -0.15) is 0 Å². The number of para-hydroxylation sites is 1. The number of allylic oxidation sites excluding steroid dienone is 1. The molecule has 0 saturated heterocycles. The maximum Gasteiger partial charge on any atom is 0.200 e. The van der Waals surface area contributed by atoms with Crippen molar-refractivity contribution in [3.63, 3.8) is 0 Å². The fourth-order valence-corrected chi connectivity index (χ4v) is 4.55. The fraction of sp³-hybridized carbons (Fsp3) is 0.100. The summed E-state index contributed by atoms with van der Waals surface area (Å²) in [5, 5.41) is 10.5. The molecule has 1 N–H and O–H groups in total. The van der Waals surface area contributed by atoms with Crippen molar-refractivity contribution in [3.8, 4) is 5.06 Å². The summed E-state index contributed by atoms with van der Waals surface area (Å²) in [5.74, 6) is 0.840. The van der Waals surface area contributed by atoms with Crippen LogP contribution in [-0.2, 0) is 5.75 Å². The normalized spacial score (nSPS) is 14.6. The third-order valence-electron chi connectivity index (χ3n) is 3.97. The molecule has 0 aliphatic carbocycles. The first kappa shape index (κ1) is 16.1. The zero-order chi connectivity index (χ0) is 17.2. The first-order valence-electron chi connectivity index (χ1n) is 7.94. The second kappa shape index (κ2) is 6.86. The highest BCUT2D eigenvalue weighted by Crippen LogP contribution is 2.39. The highest BCUT2D eigenvalue weighted by molar-refractivity contribution is 8.00. The third-order valence-corrected chi connectivity index (χ3v) is 6.06. The molecule has 0 saturated carbocycles. The predicted molar refractivity (Wildman–Crippen MR) is 107 cm³/mol. The number of rotatable bonds is 4. The lowest BCUT2D eigenvalue weighted by molar-refractivity contribution is 0.488. The van der Waals surface area contributed by atoms with E-state index in [-0.39, 0.29) is 5.06 Å². The monoisotopic (exact) mass is 364 g/mol. The number of aliphatic imine (C=N–C) groups is 1. The fourth-order valence-electron chi connectivity index (χ4n) is 2.73. The molecule has 25 heavy (non-hydrogen) atoms. The van der Waals surface area contributed by atoms with E-state index in [1.54, 1.807) is 11.8 Å². The summed E-state index contributed by atoms with van der Waals surface area (Å²) in [6.07, 6.45) is 1.93. The molecule has 5 heteroatoms.